The summed E-state index contributed by atoms with van der Waals surface area (Å²) < 4.78 is 5.61. The molecule has 1 heterocycles. The lowest BCUT2D eigenvalue weighted by Gasteiger charge is -2.15. The molecule has 0 aromatic heterocycles. The second-order valence-electron chi connectivity index (χ2n) is 3.93. The molecule has 0 bridgehead atoms. The minimum absolute atomic E-state index is 0.390. The predicted molar refractivity (Wildman–Crippen MR) is 51.3 cm³/mol. The maximum atomic E-state index is 5.61. The third-order valence-electron chi connectivity index (χ3n) is 2.36. The lowest BCUT2D eigenvalue weighted by molar-refractivity contribution is 0.0481. The van der Waals surface area contributed by atoms with E-state index in [9.17, 15) is 0 Å². The summed E-state index contributed by atoms with van der Waals surface area (Å²) in [6.07, 6.45) is 4.32. The second-order valence-corrected chi connectivity index (χ2v) is 3.93. The van der Waals surface area contributed by atoms with Crippen LogP contribution in [0.5, 0.6) is 0 Å². The first-order valence-electron chi connectivity index (χ1n) is 5.11. The van der Waals surface area contributed by atoms with Gasteiger partial charge in [0.05, 0.1) is 6.10 Å². The van der Waals surface area contributed by atoms with E-state index < -0.39 is 0 Å². The summed E-state index contributed by atoms with van der Waals surface area (Å²) in [4.78, 5) is 0. The van der Waals surface area contributed by atoms with Gasteiger partial charge in [0, 0.05) is 6.61 Å². The molecular formula is C10H21NO. The van der Waals surface area contributed by atoms with Crippen LogP contribution >= 0.6 is 0 Å². The number of ether oxygens (including phenoxy) is 1. The molecule has 2 heteroatoms. The average Bonchev–Trinajstić information content (AvgIpc) is 2.28. The molecule has 1 saturated heterocycles. The van der Waals surface area contributed by atoms with Gasteiger partial charge in [-0.2, -0.15) is 0 Å². The Hall–Kier alpha value is -0.0800. The molecule has 1 aliphatic rings. The van der Waals surface area contributed by atoms with Crippen LogP contribution in [-0.4, -0.2) is 25.8 Å². The number of rotatable bonds is 3. The van der Waals surface area contributed by atoms with Gasteiger partial charge in [-0.25, -0.2) is 0 Å². The molecule has 0 saturated carbocycles. The standard InChI is InChI=1S/C10H21NO/c1-9(2)12-8-10-4-3-6-11-7-5-10/h9-11H,3-8H2,1-2H3. The van der Waals surface area contributed by atoms with Gasteiger partial charge in [-0.3, -0.25) is 0 Å². The van der Waals surface area contributed by atoms with Gasteiger partial charge in [-0.15, -0.1) is 0 Å². The Kier molecular flexibility index (Phi) is 4.62. The van der Waals surface area contributed by atoms with Crippen molar-refractivity contribution in [2.45, 2.75) is 39.2 Å². The highest BCUT2D eigenvalue weighted by molar-refractivity contribution is 4.66. The van der Waals surface area contributed by atoms with Crippen LogP contribution < -0.4 is 5.32 Å². The molecule has 1 atom stereocenters. The van der Waals surface area contributed by atoms with Crippen molar-refractivity contribution in [2.75, 3.05) is 19.7 Å². The fraction of sp³-hybridized carbons (Fsp3) is 1.00. The third kappa shape index (κ3) is 4.07. The van der Waals surface area contributed by atoms with Crippen molar-refractivity contribution >= 4 is 0 Å². The third-order valence-corrected chi connectivity index (χ3v) is 2.36. The van der Waals surface area contributed by atoms with Gasteiger partial charge in [0.2, 0.25) is 0 Å². The minimum atomic E-state index is 0.390. The highest BCUT2D eigenvalue weighted by atomic mass is 16.5. The summed E-state index contributed by atoms with van der Waals surface area (Å²) in [5.41, 5.74) is 0. The number of nitrogens with one attached hydrogen (secondary N) is 1. The molecule has 0 aliphatic carbocycles. The van der Waals surface area contributed by atoms with Gasteiger partial charge < -0.3 is 10.1 Å². The minimum Gasteiger partial charge on any atom is -0.379 e. The quantitative estimate of drug-likeness (QED) is 0.699. The smallest absolute Gasteiger partial charge is 0.0519 e. The molecule has 1 aliphatic heterocycles. The largest absolute Gasteiger partial charge is 0.379 e. The van der Waals surface area contributed by atoms with Gasteiger partial charge in [-0.05, 0) is 52.1 Å². The van der Waals surface area contributed by atoms with Crippen molar-refractivity contribution in [2.24, 2.45) is 5.92 Å². The Morgan fingerprint density at radius 1 is 1.33 bits per heavy atom. The van der Waals surface area contributed by atoms with Crippen molar-refractivity contribution in [3.63, 3.8) is 0 Å². The van der Waals surface area contributed by atoms with Crippen LogP contribution in [-0.2, 0) is 4.74 Å². The second kappa shape index (κ2) is 5.55. The van der Waals surface area contributed by atoms with E-state index in [0.717, 1.165) is 12.5 Å². The molecule has 0 amide bonds. The molecule has 0 aromatic rings. The normalized spacial score (nSPS) is 25.8. The van der Waals surface area contributed by atoms with Crippen LogP contribution in [0.15, 0.2) is 0 Å². The lowest BCUT2D eigenvalue weighted by Crippen LogP contribution is -2.16. The van der Waals surface area contributed by atoms with Crippen molar-refractivity contribution in [3.8, 4) is 0 Å². The fourth-order valence-electron chi connectivity index (χ4n) is 1.59. The molecule has 0 radical (unpaired) electrons. The van der Waals surface area contributed by atoms with Crippen molar-refractivity contribution in [1.29, 1.82) is 0 Å². The topological polar surface area (TPSA) is 21.3 Å². The van der Waals surface area contributed by atoms with E-state index in [0.29, 0.717) is 6.10 Å². The molecule has 0 aromatic carbocycles. The Labute approximate surface area is 75.7 Å². The van der Waals surface area contributed by atoms with E-state index in [1.54, 1.807) is 0 Å². The van der Waals surface area contributed by atoms with Crippen molar-refractivity contribution in [3.05, 3.63) is 0 Å². The zero-order valence-corrected chi connectivity index (χ0v) is 8.31. The maximum absolute atomic E-state index is 5.61. The van der Waals surface area contributed by atoms with E-state index in [-0.39, 0.29) is 0 Å². The first-order chi connectivity index (χ1) is 5.79. The van der Waals surface area contributed by atoms with Crippen molar-refractivity contribution < 1.29 is 4.74 Å². The first-order valence-corrected chi connectivity index (χ1v) is 5.11. The first kappa shape index (κ1) is 10.0. The van der Waals surface area contributed by atoms with Crippen LogP contribution in [0.3, 0.4) is 0 Å². The highest BCUT2D eigenvalue weighted by Gasteiger charge is 2.12. The van der Waals surface area contributed by atoms with Gasteiger partial charge in [0.25, 0.3) is 0 Å². The molecule has 1 rings (SSSR count). The summed E-state index contributed by atoms with van der Waals surface area (Å²) in [6.45, 7) is 7.54. The molecule has 12 heavy (non-hydrogen) atoms. The van der Waals surface area contributed by atoms with Gasteiger partial charge in [0.1, 0.15) is 0 Å². The fourth-order valence-corrected chi connectivity index (χ4v) is 1.59. The Bertz CT molecular complexity index is 106. The molecule has 2 nitrogen and oxygen atoms in total. The Balaban J connectivity index is 2.12. The maximum Gasteiger partial charge on any atom is 0.0519 e. The van der Waals surface area contributed by atoms with Gasteiger partial charge >= 0.3 is 0 Å². The van der Waals surface area contributed by atoms with E-state index in [1.165, 1.54) is 32.4 Å². The zero-order valence-electron chi connectivity index (χ0n) is 8.31. The van der Waals surface area contributed by atoms with Crippen LogP contribution in [0.2, 0.25) is 0 Å². The summed E-state index contributed by atoms with van der Waals surface area (Å²) in [6, 6.07) is 0. The molecule has 0 spiro atoms. The van der Waals surface area contributed by atoms with Gasteiger partial charge in [0.15, 0.2) is 0 Å². The zero-order chi connectivity index (χ0) is 8.81. The molecule has 1 fully saturated rings. The molecule has 1 N–H and O–H groups in total. The molecule has 72 valence electrons. The lowest BCUT2D eigenvalue weighted by atomic mass is 10.0. The predicted octanol–water partition coefficient (Wildman–Crippen LogP) is 1.80. The van der Waals surface area contributed by atoms with Crippen molar-refractivity contribution in [1.82, 2.24) is 5.32 Å². The number of hydrogen-bond donors (Lipinski definition) is 1. The summed E-state index contributed by atoms with van der Waals surface area (Å²) >= 11 is 0. The van der Waals surface area contributed by atoms with E-state index in [4.69, 9.17) is 4.74 Å². The monoisotopic (exact) mass is 171 g/mol. The summed E-state index contributed by atoms with van der Waals surface area (Å²) in [7, 11) is 0. The highest BCUT2D eigenvalue weighted by Crippen LogP contribution is 2.14. The summed E-state index contributed by atoms with van der Waals surface area (Å²) in [5, 5.41) is 3.41. The van der Waals surface area contributed by atoms with E-state index in [2.05, 4.69) is 19.2 Å². The van der Waals surface area contributed by atoms with Crippen LogP contribution in [0, 0.1) is 5.92 Å². The molecular weight excluding hydrogens is 150 g/mol. The van der Waals surface area contributed by atoms with E-state index >= 15 is 0 Å². The molecule has 1 unspecified atom stereocenters. The summed E-state index contributed by atoms with van der Waals surface area (Å²) in [5.74, 6) is 0.794. The SMILES string of the molecule is CC(C)OCC1CCCNCC1. The van der Waals surface area contributed by atoms with Crippen LogP contribution in [0.1, 0.15) is 33.1 Å². The average molecular weight is 171 g/mol. The van der Waals surface area contributed by atoms with Crippen LogP contribution in [0.4, 0.5) is 0 Å². The van der Waals surface area contributed by atoms with E-state index in [1.807, 2.05) is 0 Å². The number of hydrogen-bond acceptors (Lipinski definition) is 2. The Morgan fingerprint density at radius 2 is 2.17 bits per heavy atom. The Morgan fingerprint density at radius 3 is 2.92 bits per heavy atom. The van der Waals surface area contributed by atoms with Crippen LogP contribution in [0.25, 0.3) is 0 Å². The van der Waals surface area contributed by atoms with Gasteiger partial charge in [-0.1, -0.05) is 0 Å².